The van der Waals surface area contributed by atoms with Crippen molar-refractivity contribution in [3.8, 4) is 5.88 Å². The summed E-state index contributed by atoms with van der Waals surface area (Å²) >= 11 is 5.97. The molecule has 0 amide bonds. The van der Waals surface area contributed by atoms with Crippen LogP contribution in [-0.2, 0) is 0 Å². The molecule has 0 aliphatic carbocycles. The molecule has 0 aliphatic rings. The van der Waals surface area contributed by atoms with Crippen LogP contribution in [0.5, 0.6) is 5.88 Å². The fourth-order valence-electron chi connectivity index (χ4n) is 0.947. The maximum absolute atomic E-state index is 5.97. The molecular weight excluding hydrogens is 240 g/mol. The van der Waals surface area contributed by atoms with Crippen molar-refractivity contribution in [1.29, 1.82) is 0 Å². The van der Waals surface area contributed by atoms with Crippen LogP contribution in [0.4, 0.5) is 5.95 Å². The van der Waals surface area contributed by atoms with E-state index in [9.17, 15) is 0 Å². The molecule has 0 bridgehead atoms. The standard InChI is InChI=1S/C11H19ClN4O/c1-11(2,16(4)5)7-17-9-8(12)6-14-10(13-3)15-9/h6H,7H2,1-5H3,(H,13,14,15). The van der Waals surface area contributed by atoms with Gasteiger partial charge in [-0.2, -0.15) is 4.98 Å². The van der Waals surface area contributed by atoms with Gasteiger partial charge in [-0.1, -0.05) is 11.6 Å². The van der Waals surface area contributed by atoms with Gasteiger partial charge in [0.25, 0.3) is 0 Å². The quantitative estimate of drug-likeness (QED) is 0.874. The van der Waals surface area contributed by atoms with E-state index < -0.39 is 0 Å². The average molecular weight is 259 g/mol. The molecule has 5 nitrogen and oxygen atoms in total. The summed E-state index contributed by atoms with van der Waals surface area (Å²) in [5.74, 6) is 0.896. The van der Waals surface area contributed by atoms with E-state index >= 15 is 0 Å². The summed E-state index contributed by atoms with van der Waals surface area (Å²) in [6.07, 6.45) is 1.53. The van der Waals surface area contributed by atoms with Crippen molar-refractivity contribution >= 4 is 17.5 Å². The highest BCUT2D eigenvalue weighted by Crippen LogP contribution is 2.23. The lowest BCUT2D eigenvalue weighted by Crippen LogP contribution is -2.43. The highest BCUT2D eigenvalue weighted by Gasteiger charge is 2.22. The van der Waals surface area contributed by atoms with E-state index in [4.69, 9.17) is 16.3 Å². The molecule has 0 atom stereocenters. The van der Waals surface area contributed by atoms with Gasteiger partial charge >= 0.3 is 0 Å². The number of hydrogen-bond donors (Lipinski definition) is 1. The Morgan fingerprint density at radius 1 is 1.47 bits per heavy atom. The number of rotatable bonds is 5. The smallest absolute Gasteiger partial charge is 0.237 e. The molecule has 0 fully saturated rings. The Bertz CT molecular complexity index is 382. The van der Waals surface area contributed by atoms with Crippen LogP contribution in [0.2, 0.25) is 5.02 Å². The topological polar surface area (TPSA) is 50.3 Å². The van der Waals surface area contributed by atoms with Gasteiger partial charge in [0.1, 0.15) is 11.6 Å². The van der Waals surface area contributed by atoms with Gasteiger partial charge < -0.3 is 15.0 Å². The Balaban J connectivity index is 2.75. The van der Waals surface area contributed by atoms with Crippen LogP contribution in [0.3, 0.4) is 0 Å². The summed E-state index contributed by atoms with van der Waals surface area (Å²) < 4.78 is 5.64. The molecule has 1 aromatic heterocycles. The van der Waals surface area contributed by atoms with Gasteiger partial charge in [-0.15, -0.1) is 0 Å². The van der Waals surface area contributed by atoms with E-state index in [1.807, 2.05) is 14.1 Å². The lowest BCUT2D eigenvalue weighted by Gasteiger charge is -2.31. The van der Waals surface area contributed by atoms with Crippen LogP contribution in [0, 0.1) is 0 Å². The second-order valence-electron chi connectivity index (χ2n) is 4.59. The molecule has 0 radical (unpaired) electrons. The third-order valence-electron chi connectivity index (χ3n) is 2.71. The Labute approximate surface area is 107 Å². The lowest BCUT2D eigenvalue weighted by molar-refractivity contribution is 0.111. The normalized spacial score (nSPS) is 11.7. The molecule has 0 aliphatic heterocycles. The monoisotopic (exact) mass is 258 g/mol. The minimum atomic E-state index is -0.0892. The zero-order valence-electron chi connectivity index (χ0n) is 10.9. The SMILES string of the molecule is CNc1ncc(Cl)c(OCC(C)(C)N(C)C)n1. The highest BCUT2D eigenvalue weighted by molar-refractivity contribution is 6.31. The van der Waals surface area contributed by atoms with Crippen molar-refractivity contribution in [3.05, 3.63) is 11.2 Å². The fraction of sp³-hybridized carbons (Fsp3) is 0.636. The van der Waals surface area contributed by atoms with E-state index in [2.05, 4.69) is 34.0 Å². The van der Waals surface area contributed by atoms with Crippen molar-refractivity contribution in [2.24, 2.45) is 0 Å². The molecular formula is C11H19ClN4O. The summed E-state index contributed by atoms with van der Waals surface area (Å²) in [4.78, 5) is 10.2. The Kier molecular flexibility index (Phi) is 4.54. The van der Waals surface area contributed by atoms with Crippen LogP contribution in [0.25, 0.3) is 0 Å². The Morgan fingerprint density at radius 3 is 2.65 bits per heavy atom. The van der Waals surface area contributed by atoms with Crippen LogP contribution in [-0.4, -0.2) is 48.2 Å². The molecule has 1 aromatic rings. The minimum absolute atomic E-state index is 0.0892. The summed E-state index contributed by atoms with van der Waals surface area (Å²) in [5.41, 5.74) is -0.0892. The zero-order chi connectivity index (χ0) is 13.1. The molecule has 1 rings (SSSR count). The largest absolute Gasteiger partial charge is 0.475 e. The maximum atomic E-state index is 5.97. The van der Waals surface area contributed by atoms with E-state index in [1.54, 1.807) is 7.05 Å². The summed E-state index contributed by atoms with van der Waals surface area (Å²) in [6, 6.07) is 0. The molecule has 17 heavy (non-hydrogen) atoms. The van der Waals surface area contributed by atoms with E-state index in [1.165, 1.54) is 6.20 Å². The van der Waals surface area contributed by atoms with Gasteiger partial charge in [0.15, 0.2) is 0 Å². The molecule has 6 heteroatoms. The van der Waals surface area contributed by atoms with Gasteiger partial charge in [-0.3, -0.25) is 0 Å². The molecule has 1 N–H and O–H groups in total. The van der Waals surface area contributed by atoms with Gasteiger partial charge in [0.2, 0.25) is 11.8 Å². The van der Waals surface area contributed by atoms with Gasteiger partial charge in [0, 0.05) is 12.6 Å². The van der Waals surface area contributed by atoms with Crippen LogP contribution < -0.4 is 10.1 Å². The van der Waals surface area contributed by atoms with Gasteiger partial charge in [-0.25, -0.2) is 4.98 Å². The first-order chi connectivity index (χ1) is 7.86. The Morgan fingerprint density at radius 2 is 2.12 bits per heavy atom. The number of hydrogen-bond acceptors (Lipinski definition) is 5. The van der Waals surface area contributed by atoms with Crippen molar-refractivity contribution in [3.63, 3.8) is 0 Å². The predicted molar refractivity (Wildman–Crippen MR) is 69.8 cm³/mol. The molecule has 0 aromatic carbocycles. The van der Waals surface area contributed by atoms with Crippen molar-refractivity contribution in [1.82, 2.24) is 14.9 Å². The third kappa shape index (κ3) is 3.71. The molecule has 0 unspecified atom stereocenters. The van der Waals surface area contributed by atoms with Crippen molar-refractivity contribution in [2.45, 2.75) is 19.4 Å². The van der Waals surface area contributed by atoms with Crippen LogP contribution >= 0.6 is 11.6 Å². The zero-order valence-corrected chi connectivity index (χ0v) is 11.7. The van der Waals surface area contributed by atoms with Crippen molar-refractivity contribution < 1.29 is 4.74 Å². The number of nitrogens with zero attached hydrogens (tertiary/aromatic N) is 3. The number of ether oxygens (including phenoxy) is 1. The van der Waals surface area contributed by atoms with E-state index in [-0.39, 0.29) is 5.54 Å². The minimum Gasteiger partial charge on any atom is -0.475 e. The van der Waals surface area contributed by atoms with Crippen LogP contribution in [0.15, 0.2) is 6.20 Å². The fourth-order valence-corrected chi connectivity index (χ4v) is 1.09. The van der Waals surface area contributed by atoms with Crippen molar-refractivity contribution in [2.75, 3.05) is 33.1 Å². The second-order valence-corrected chi connectivity index (χ2v) is 5.00. The number of halogens is 1. The summed E-state index contributed by atoms with van der Waals surface area (Å²) in [7, 11) is 5.75. The summed E-state index contributed by atoms with van der Waals surface area (Å²) in [6.45, 7) is 4.67. The molecule has 1 heterocycles. The molecule has 0 saturated carbocycles. The number of aromatic nitrogens is 2. The highest BCUT2D eigenvalue weighted by atomic mass is 35.5. The first-order valence-corrected chi connectivity index (χ1v) is 5.75. The number of likely N-dealkylation sites (N-methyl/N-ethyl adjacent to an activating group) is 1. The first kappa shape index (κ1) is 14.0. The summed E-state index contributed by atoms with van der Waals surface area (Å²) in [5, 5.41) is 3.26. The lowest BCUT2D eigenvalue weighted by atomic mass is 10.1. The number of anilines is 1. The predicted octanol–water partition coefficient (Wildman–Crippen LogP) is 1.89. The second kappa shape index (κ2) is 5.51. The van der Waals surface area contributed by atoms with Gasteiger partial charge in [0.05, 0.1) is 6.20 Å². The first-order valence-electron chi connectivity index (χ1n) is 5.37. The van der Waals surface area contributed by atoms with E-state index in [0.717, 1.165) is 0 Å². The third-order valence-corrected chi connectivity index (χ3v) is 2.97. The van der Waals surface area contributed by atoms with Gasteiger partial charge in [-0.05, 0) is 27.9 Å². The number of nitrogens with one attached hydrogen (secondary N) is 1. The Hall–Kier alpha value is -1.07. The maximum Gasteiger partial charge on any atom is 0.237 e. The molecule has 0 saturated heterocycles. The molecule has 0 spiro atoms. The van der Waals surface area contributed by atoms with Crippen LogP contribution in [0.1, 0.15) is 13.8 Å². The molecule has 96 valence electrons. The average Bonchev–Trinajstić information content (AvgIpc) is 2.28. The van der Waals surface area contributed by atoms with E-state index in [0.29, 0.717) is 23.5 Å².